The second kappa shape index (κ2) is 12.5. The summed E-state index contributed by atoms with van der Waals surface area (Å²) in [4.78, 5) is 11.8. The van der Waals surface area contributed by atoms with Gasteiger partial charge in [0.2, 0.25) is 0 Å². The van der Waals surface area contributed by atoms with E-state index < -0.39 is 0 Å². The fourth-order valence-electron chi connectivity index (χ4n) is 2.32. The van der Waals surface area contributed by atoms with E-state index in [9.17, 15) is 4.79 Å². The minimum absolute atomic E-state index is 0.00888. The summed E-state index contributed by atoms with van der Waals surface area (Å²) in [5, 5.41) is 0. The maximum Gasteiger partial charge on any atom is 0.306 e. The van der Waals surface area contributed by atoms with Crippen LogP contribution in [0.2, 0.25) is 0 Å². The van der Waals surface area contributed by atoms with Crippen LogP contribution in [-0.4, -0.2) is 12.6 Å². The third-order valence-corrected chi connectivity index (χ3v) is 3.58. The molecule has 0 spiro atoms. The summed E-state index contributed by atoms with van der Waals surface area (Å²) in [5.74, 6) is 1.15. The van der Waals surface area contributed by atoms with E-state index in [2.05, 4.69) is 27.7 Å². The van der Waals surface area contributed by atoms with Crippen LogP contribution in [0.15, 0.2) is 0 Å². The van der Waals surface area contributed by atoms with Crippen LogP contribution in [0, 0.1) is 11.8 Å². The van der Waals surface area contributed by atoms with Crippen molar-refractivity contribution in [2.75, 3.05) is 6.61 Å². The molecule has 0 saturated carbocycles. The van der Waals surface area contributed by atoms with Gasteiger partial charge in [0.1, 0.15) is 0 Å². The highest BCUT2D eigenvalue weighted by Gasteiger charge is 2.14. The molecular formula is C17H34O2. The lowest BCUT2D eigenvalue weighted by Gasteiger charge is -2.15. The number of rotatable bonds is 12. The first-order chi connectivity index (χ1) is 9.10. The number of unbranched alkanes of at least 4 members (excludes halogenated alkanes) is 3. The Morgan fingerprint density at radius 3 is 2.26 bits per heavy atom. The molecule has 0 rings (SSSR count). The second-order valence-electron chi connectivity index (χ2n) is 6.11. The minimum atomic E-state index is 0.00888. The largest absolute Gasteiger partial charge is 0.466 e. The van der Waals surface area contributed by atoms with Gasteiger partial charge in [0.05, 0.1) is 6.61 Å². The van der Waals surface area contributed by atoms with Gasteiger partial charge in [-0.1, -0.05) is 66.2 Å². The van der Waals surface area contributed by atoms with Crippen molar-refractivity contribution in [3.8, 4) is 0 Å². The van der Waals surface area contributed by atoms with Crippen LogP contribution in [0.1, 0.15) is 85.5 Å². The molecule has 0 heterocycles. The Morgan fingerprint density at radius 1 is 0.947 bits per heavy atom. The van der Waals surface area contributed by atoms with Crippen molar-refractivity contribution in [1.29, 1.82) is 0 Å². The third kappa shape index (κ3) is 12.3. The summed E-state index contributed by atoms with van der Waals surface area (Å²) in [6, 6.07) is 0. The van der Waals surface area contributed by atoms with Crippen LogP contribution in [0.5, 0.6) is 0 Å². The SMILES string of the molecule is CCCCCCC(CCC)CC(=O)OCCC(C)C. The Morgan fingerprint density at radius 2 is 1.68 bits per heavy atom. The molecule has 0 bridgehead atoms. The average Bonchev–Trinajstić information content (AvgIpc) is 2.34. The van der Waals surface area contributed by atoms with Crippen LogP contribution < -0.4 is 0 Å². The molecule has 1 unspecified atom stereocenters. The minimum Gasteiger partial charge on any atom is -0.466 e. The Labute approximate surface area is 120 Å². The molecule has 0 aromatic carbocycles. The quantitative estimate of drug-likeness (QED) is 0.353. The topological polar surface area (TPSA) is 26.3 Å². The van der Waals surface area contributed by atoms with Crippen molar-refractivity contribution in [3.63, 3.8) is 0 Å². The summed E-state index contributed by atoms with van der Waals surface area (Å²) >= 11 is 0. The summed E-state index contributed by atoms with van der Waals surface area (Å²) in [7, 11) is 0. The molecule has 0 saturated heterocycles. The van der Waals surface area contributed by atoms with E-state index in [-0.39, 0.29) is 5.97 Å². The van der Waals surface area contributed by atoms with Gasteiger partial charge in [0, 0.05) is 6.42 Å². The maximum atomic E-state index is 11.8. The molecule has 0 N–H and O–H groups in total. The molecule has 2 heteroatoms. The monoisotopic (exact) mass is 270 g/mol. The Kier molecular flexibility index (Phi) is 12.2. The fourth-order valence-corrected chi connectivity index (χ4v) is 2.32. The Balaban J connectivity index is 3.80. The molecule has 0 aliphatic carbocycles. The number of ether oxygens (including phenoxy) is 1. The highest BCUT2D eigenvalue weighted by molar-refractivity contribution is 5.69. The third-order valence-electron chi connectivity index (χ3n) is 3.58. The Bertz CT molecular complexity index is 211. The summed E-state index contributed by atoms with van der Waals surface area (Å²) in [6.45, 7) is 9.33. The van der Waals surface area contributed by atoms with Gasteiger partial charge >= 0.3 is 5.97 Å². The van der Waals surface area contributed by atoms with Crippen molar-refractivity contribution in [2.45, 2.75) is 85.5 Å². The molecule has 19 heavy (non-hydrogen) atoms. The first kappa shape index (κ1) is 18.5. The lowest BCUT2D eigenvalue weighted by molar-refractivity contribution is -0.145. The van der Waals surface area contributed by atoms with Gasteiger partial charge in [-0.25, -0.2) is 0 Å². The van der Waals surface area contributed by atoms with Crippen LogP contribution in [0.25, 0.3) is 0 Å². The highest BCUT2D eigenvalue weighted by Crippen LogP contribution is 2.20. The van der Waals surface area contributed by atoms with Gasteiger partial charge in [-0.2, -0.15) is 0 Å². The number of carbonyl (C=O) groups is 1. The molecule has 2 nitrogen and oxygen atoms in total. The van der Waals surface area contributed by atoms with Gasteiger partial charge in [0.15, 0.2) is 0 Å². The summed E-state index contributed by atoms with van der Waals surface area (Å²) in [5.41, 5.74) is 0. The first-order valence-corrected chi connectivity index (χ1v) is 8.25. The first-order valence-electron chi connectivity index (χ1n) is 8.25. The van der Waals surface area contributed by atoms with Crippen molar-refractivity contribution >= 4 is 5.97 Å². The summed E-state index contributed by atoms with van der Waals surface area (Å²) in [6.07, 6.45) is 10.3. The second-order valence-corrected chi connectivity index (χ2v) is 6.11. The fraction of sp³-hybridized carbons (Fsp3) is 0.941. The van der Waals surface area contributed by atoms with Crippen molar-refractivity contribution < 1.29 is 9.53 Å². The summed E-state index contributed by atoms with van der Waals surface area (Å²) < 4.78 is 5.32. The number of carbonyl (C=O) groups excluding carboxylic acids is 1. The molecule has 0 aromatic heterocycles. The molecule has 0 fully saturated rings. The van der Waals surface area contributed by atoms with E-state index >= 15 is 0 Å². The maximum absolute atomic E-state index is 11.8. The lowest BCUT2D eigenvalue weighted by atomic mass is 9.93. The van der Waals surface area contributed by atoms with E-state index in [4.69, 9.17) is 4.74 Å². The Hall–Kier alpha value is -0.530. The predicted octanol–water partition coefficient (Wildman–Crippen LogP) is 5.35. The molecule has 0 amide bonds. The predicted molar refractivity (Wildman–Crippen MR) is 82.2 cm³/mol. The molecule has 0 aliphatic rings. The number of hydrogen-bond donors (Lipinski definition) is 0. The molecule has 1 atom stereocenters. The normalized spacial score (nSPS) is 12.7. The van der Waals surface area contributed by atoms with Crippen LogP contribution >= 0.6 is 0 Å². The zero-order valence-corrected chi connectivity index (χ0v) is 13.5. The molecule has 0 radical (unpaired) electrons. The van der Waals surface area contributed by atoms with Crippen LogP contribution in [0.4, 0.5) is 0 Å². The van der Waals surface area contributed by atoms with Gasteiger partial charge < -0.3 is 4.74 Å². The number of esters is 1. The van der Waals surface area contributed by atoms with Gasteiger partial charge in [-0.3, -0.25) is 4.79 Å². The van der Waals surface area contributed by atoms with Gasteiger partial charge in [-0.15, -0.1) is 0 Å². The van der Waals surface area contributed by atoms with E-state index in [0.29, 0.717) is 24.9 Å². The van der Waals surface area contributed by atoms with Gasteiger partial charge in [-0.05, 0) is 24.7 Å². The standard InChI is InChI=1S/C17H34O2/c1-5-7-8-9-11-16(10-6-2)14-17(18)19-13-12-15(3)4/h15-16H,5-14H2,1-4H3. The van der Waals surface area contributed by atoms with Crippen molar-refractivity contribution in [1.82, 2.24) is 0 Å². The van der Waals surface area contributed by atoms with Crippen molar-refractivity contribution in [3.05, 3.63) is 0 Å². The zero-order valence-electron chi connectivity index (χ0n) is 13.5. The van der Waals surface area contributed by atoms with E-state index in [0.717, 1.165) is 19.3 Å². The lowest BCUT2D eigenvalue weighted by Crippen LogP contribution is -2.13. The number of hydrogen-bond acceptors (Lipinski definition) is 2. The van der Waals surface area contributed by atoms with Crippen LogP contribution in [-0.2, 0) is 9.53 Å². The average molecular weight is 270 g/mol. The van der Waals surface area contributed by atoms with E-state index in [1.165, 1.54) is 32.1 Å². The molecule has 0 aromatic rings. The smallest absolute Gasteiger partial charge is 0.306 e. The zero-order chi connectivity index (χ0) is 14.5. The van der Waals surface area contributed by atoms with Gasteiger partial charge in [0.25, 0.3) is 0 Å². The van der Waals surface area contributed by atoms with Crippen molar-refractivity contribution in [2.24, 2.45) is 11.8 Å². The molecule has 0 aliphatic heterocycles. The van der Waals surface area contributed by atoms with E-state index in [1.807, 2.05) is 0 Å². The molecular weight excluding hydrogens is 236 g/mol. The highest BCUT2D eigenvalue weighted by atomic mass is 16.5. The van der Waals surface area contributed by atoms with E-state index in [1.54, 1.807) is 0 Å². The van der Waals surface area contributed by atoms with Crippen LogP contribution in [0.3, 0.4) is 0 Å². The molecule has 114 valence electrons.